The lowest BCUT2D eigenvalue weighted by atomic mass is 10.1. The summed E-state index contributed by atoms with van der Waals surface area (Å²) >= 11 is 4.11. The van der Waals surface area contributed by atoms with Crippen molar-refractivity contribution in [3.63, 3.8) is 0 Å². The second kappa shape index (κ2) is 10.1. The van der Waals surface area contributed by atoms with Crippen molar-refractivity contribution in [3.8, 4) is 35.3 Å². The minimum atomic E-state index is -0.599. The van der Waals surface area contributed by atoms with Crippen LogP contribution in [-0.2, 0) is 9.59 Å². The second-order valence-electron chi connectivity index (χ2n) is 6.90. The number of terminal acetylenes is 1. The number of benzene rings is 2. The molecule has 3 amide bonds. The molecule has 0 aliphatic carbocycles. The normalized spacial score (nSPS) is 15.4. The van der Waals surface area contributed by atoms with Crippen LogP contribution in [0.4, 0.5) is 10.5 Å². The van der Waals surface area contributed by atoms with Gasteiger partial charge in [0.15, 0.2) is 23.0 Å². The fourth-order valence-corrected chi connectivity index (χ4v) is 4.50. The number of ether oxygens (including phenoxy) is 4. The number of rotatable bonds is 7. The van der Waals surface area contributed by atoms with Crippen LogP contribution in [0.3, 0.4) is 0 Å². The number of methoxy groups -OCH3 is 1. The van der Waals surface area contributed by atoms with Gasteiger partial charge >= 0.3 is 0 Å². The average molecular weight is 545 g/mol. The highest BCUT2D eigenvalue weighted by Crippen LogP contribution is 2.39. The molecular weight excluding hydrogens is 528 g/mol. The van der Waals surface area contributed by atoms with Crippen LogP contribution in [0, 0.1) is 12.3 Å². The van der Waals surface area contributed by atoms with Crippen molar-refractivity contribution in [2.75, 3.05) is 32.4 Å². The van der Waals surface area contributed by atoms with Gasteiger partial charge in [-0.1, -0.05) is 21.9 Å². The fourth-order valence-electron chi connectivity index (χ4n) is 3.21. The molecular formula is C23H17BrN2O7S. The number of imide groups is 1. The van der Waals surface area contributed by atoms with Crippen LogP contribution >= 0.6 is 27.7 Å². The third kappa shape index (κ3) is 4.98. The summed E-state index contributed by atoms with van der Waals surface area (Å²) in [5.74, 6) is 3.04. The molecule has 0 saturated carbocycles. The monoisotopic (exact) mass is 544 g/mol. The van der Waals surface area contributed by atoms with Crippen LogP contribution in [0.25, 0.3) is 6.08 Å². The van der Waals surface area contributed by atoms with Gasteiger partial charge in [0.2, 0.25) is 12.7 Å². The predicted octanol–water partition coefficient (Wildman–Crippen LogP) is 3.87. The standard InChI is InChI=1S/C23H17BrN2O7S/c1-3-6-31-21-13(7-14(24)9-18(21)30-2)8-19-22(28)26(23(29)34-19)11-20(27)25-15-4-5-16-17(10-15)33-12-32-16/h1,4-5,7-10H,6,11-12H2,2H3,(H,25,27)/b19-8+. The number of fused-ring (bicyclic) bond motifs is 1. The van der Waals surface area contributed by atoms with Gasteiger partial charge in [0.05, 0.1) is 12.0 Å². The Morgan fingerprint density at radius 1 is 1.29 bits per heavy atom. The molecule has 0 bridgehead atoms. The zero-order valence-corrected chi connectivity index (χ0v) is 20.2. The number of carbonyl (C=O) groups excluding carboxylic acids is 3. The van der Waals surface area contributed by atoms with E-state index in [1.807, 2.05) is 0 Å². The third-order valence-corrected chi connectivity index (χ3v) is 6.05. The van der Waals surface area contributed by atoms with Gasteiger partial charge in [0.1, 0.15) is 13.2 Å². The Balaban J connectivity index is 1.51. The first-order chi connectivity index (χ1) is 16.4. The number of anilines is 1. The van der Waals surface area contributed by atoms with Crippen molar-refractivity contribution >= 4 is 56.5 Å². The summed E-state index contributed by atoms with van der Waals surface area (Å²) in [5.41, 5.74) is 0.935. The third-order valence-electron chi connectivity index (χ3n) is 4.69. The van der Waals surface area contributed by atoms with Crippen molar-refractivity contribution in [2.24, 2.45) is 0 Å². The minimum absolute atomic E-state index is 0.0136. The van der Waals surface area contributed by atoms with E-state index in [1.54, 1.807) is 30.3 Å². The van der Waals surface area contributed by atoms with Gasteiger partial charge in [-0.2, -0.15) is 0 Å². The molecule has 1 N–H and O–H groups in total. The van der Waals surface area contributed by atoms with Crippen molar-refractivity contribution in [1.29, 1.82) is 0 Å². The highest BCUT2D eigenvalue weighted by Gasteiger charge is 2.36. The molecule has 0 unspecified atom stereocenters. The van der Waals surface area contributed by atoms with Gasteiger partial charge in [-0.25, -0.2) is 0 Å². The van der Waals surface area contributed by atoms with Gasteiger partial charge in [-0.3, -0.25) is 19.3 Å². The van der Waals surface area contributed by atoms with E-state index >= 15 is 0 Å². The fraction of sp³-hybridized carbons (Fsp3) is 0.174. The Morgan fingerprint density at radius 3 is 2.85 bits per heavy atom. The number of halogens is 1. The van der Waals surface area contributed by atoms with E-state index in [-0.39, 0.29) is 18.3 Å². The Labute approximate surface area is 207 Å². The zero-order valence-electron chi connectivity index (χ0n) is 17.8. The smallest absolute Gasteiger partial charge is 0.294 e. The summed E-state index contributed by atoms with van der Waals surface area (Å²) in [7, 11) is 1.47. The number of thioether (sulfide) groups is 1. The predicted molar refractivity (Wildman–Crippen MR) is 129 cm³/mol. The van der Waals surface area contributed by atoms with E-state index in [0.717, 1.165) is 16.7 Å². The summed E-state index contributed by atoms with van der Waals surface area (Å²) in [6.45, 7) is -0.353. The van der Waals surface area contributed by atoms with E-state index in [9.17, 15) is 14.4 Å². The molecule has 0 radical (unpaired) electrons. The molecule has 2 aromatic rings. The molecule has 1 fully saturated rings. The quantitative estimate of drug-likeness (QED) is 0.413. The summed E-state index contributed by atoms with van der Waals surface area (Å²) in [4.78, 5) is 38.9. The van der Waals surface area contributed by atoms with Crippen molar-refractivity contribution in [1.82, 2.24) is 4.90 Å². The lowest BCUT2D eigenvalue weighted by molar-refractivity contribution is -0.127. The summed E-state index contributed by atoms with van der Waals surface area (Å²) in [6.07, 6.45) is 6.80. The Hall–Kier alpha value is -3.62. The Bertz CT molecular complexity index is 1250. The first kappa shape index (κ1) is 23.5. The van der Waals surface area contributed by atoms with Crippen LogP contribution in [-0.4, -0.2) is 49.0 Å². The number of hydrogen-bond acceptors (Lipinski definition) is 8. The molecule has 9 nitrogen and oxygen atoms in total. The molecule has 11 heteroatoms. The average Bonchev–Trinajstić information content (AvgIpc) is 3.37. The lowest BCUT2D eigenvalue weighted by Gasteiger charge is -2.13. The maximum absolute atomic E-state index is 12.9. The molecule has 1 saturated heterocycles. The van der Waals surface area contributed by atoms with Crippen molar-refractivity contribution in [3.05, 3.63) is 45.3 Å². The lowest BCUT2D eigenvalue weighted by Crippen LogP contribution is -2.36. The molecule has 2 aliphatic heterocycles. The van der Waals surface area contributed by atoms with Crippen LogP contribution in [0.15, 0.2) is 39.7 Å². The molecule has 0 aromatic heterocycles. The number of nitrogens with one attached hydrogen (secondary N) is 1. The summed E-state index contributed by atoms with van der Waals surface area (Å²) in [6, 6.07) is 8.29. The molecule has 0 atom stereocenters. The Kier molecular flexibility index (Phi) is 7.00. The van der Waals surface area contributed by atoms with Gasteiger partial charge in [0.25, 0.3) is 11.1 Å². The zero-order chi connectivity index (χ0) is 24.2. The molecule has 2 heterocycles. The molecule has 2 aliphatic rings. The highest BCUT2D eigenvalue weighted by atomic mass is 79.9. The van der Waals surface area contributed by atoms with Crippen LogP contribution in [0.1, 0.15) is 5.56 Å². The number of nitrogens with zero attached hydrogens (tertiary/aromatic N) is 1. The van der Waals surface area contributed by atoms with Crippen molar-refractivity contribution in [2.45, 2.75) is 0 Å². The summed E-state index contributed by atoms with van der Waals surface area (Å²) < 4.78 is 22.1. The molecule has 4 rings (SSSR count). The number of hydrogen-bond donors (Lipinski definition) is 1. The van der Waals surface area contributed by atoms with Crippen molar-refractivity contribution < 1.29 is 33.3 Å². The minimum Gasteiger partial charge on any atom is -0.493 e. The first-order valence-electron chi connectivity index (χ1n) is 9.78. The topological polar surface area (TPSA) is 103 Å². The molecule has 2 aromatic carbocycles. The van der Waals surface area contributed by atoms with E-state index in [0.29, 0.717) is 38.7 Å². The first-order valence-corrected chi connectivity index (χ1v) is 11.4. The number of carbonyl (C=O) groups is 3. The maximum Gasteiger partial charge on any atom is 0.294 e. The second-order valence-corrected chi connectivity index (χ2v) is 8.81. The largest absolute Gasteiger partial charge is 0.493 e. The van der Waals surface area contributed by atoms with Gasteiger partial charge in [-0.15, -0.1) is 6.42 Å². The summed E-state index contributed by atoms with van der Waals surface area (Å²) in [5, 5.41) is 2.08. The maximum atomic E-state index is 12.9. The molecule has 0 spiro atoms. The molecule has 34 heavy (non-hydrogen) atoms. The molecule has 174 valence electrons. The highest BCUT2D eigenvalue weighted by molar-refractivity contribution is 9.10. The van der Waals surface area contributed by atoms with E-state index in [2.05, 4.69) is 27.2 Å². The van der Waals surface area contributed by atoms with Crippen LogP contribution < -0.4 is 24.3 Å². The van der Waals surface area contributed by atoms with Gasteiger partial charge in [-0.05, 0) is 42.1 Å². The van der Waals surface area contributed by atoms with E-state index in [1.165, 1.54) is 13.2 Å². The van der Waals surface area contributed by atoms with Crippen LogP contribution in [0.5, 0.6) is 23.0 Å². The Morgan fingerprint density at radius 2 is 2.09 bits per heavy atom. The van der Waals surface area contributed by atoms with Crippen LogP contribution in [0.2, 0.25) is 0 Å². The van der Waals surface area contributed by atoms with E-state index < -0.39 is 23.6 Å². The van der Waals surface area contributed by atoms with Gasteiger partial charge in [0, 0.05) is 21.8 Å². The SMILES string of the molecule is C#CCOc1c(/C=C2/SC(=O)N(CC(=O)Nc3ccc4c(c3)OCO4)C2=O)cc(Br)cc1OC. The van der Waals surface area contributed by atoms with E-state index in [4.69, 9.17) is 25.4 Å². The number of amides is 3. The van der Waals surface area contributed by atoms with Gasteiger partial charge < -0.3 is 24.3 Å².